The van der Waals surface area contributed by atoms with Crippen molar-refractivity contribution in [1.29, 1.82) is 0 Å². The summed E-state index contributed by atoms with van der Waals surface area (Å²) in [5.74, 6) is 2.82. The molecule has 0 bridgehead atoms. The van der Waals surface area contributed by atoms with E-state index in [0.717, 1.165) is 28.6 Å². The number of hydrogen-bond acceptors (Lipinski definition) is 3. The molecule has 5 rings (SSSR count). The van der Waals surface area contributed by atoms with E-state index in [1.807, 2.05) is 71.1 Å². The van der Waals surface area contributed by atoms with Crippen LogP contribution >= 0.6 is 0 Å². The SMILES string of the molecule is CC1CC(c2nncn2C)C1.O=C1c2ccccc2CN1c1ccccc1. The summed E-state index contributed by atoms with van der Waals surface area (Å²) in [5, 5.41) is 7.95. The van der Waals surface area contributed by atoms with E-state index in [-0.39, 0.29) is 5.91 Å². The molecule has 138 valence electrons. The highest BCUT2D eigenvalue weighted by Crippen LogP contribution is 2.39. The quantitative estimate of drug-likeness (QED) is 0.689. The Kier molecular flexibility index (Phi) is 4.75. The number of carbonyl (C=O) groups is 1. The van der Waals surface area contributed by atoms with E-state index in [1.165, 1.54) is 12.8 Å². The molecule has 0 unspecified atom stereocenters. The third-order valence-corrected chi connectivity index (χ3v) is 5.37. The van der Waals surface area contributed by atoms with Gasteiger partial charge in [0.1, 0.15) is 12.2 Å². The number of nitrogens with zero attached hydrogens (tertiary/aromatic N) is 4. The van der Waals surface area contributed by atoms with Crippen LogP contribution in [0.4, 0.5) is 5.69 Å². The Hall–Kier alpha value is -2.95. The monoisotopic (exact) mass is 360 g/mol. The molecule has 2 heterocycles. The van der Waals surface area contributed by atoms with Gasteiger partial charge < -0.3 is 9.47 Å². The summed E-state index contributed by atoms with van der Waals surface area (Å²) >= 11 is 0. The summed E-state index contributed by atoms with van der Waals surface area (Å²) in [5.41, 5.74) is 2.89. The molecule has 0 saturated heterocycles. The lowest BCUT2D eigenvalue weighted by Gasteiger charge is -2.31. The molecule has 2 aliphatic rings. The average Bonchev–Trinajstić information content (AvgIpc) is 3.24. The standard InChI is InChI=1S/C14H11NO.C8H13N3/c16-14-13-9-5-4-6-11(13)10-15(14)12-7-2-1-3-8-12;1-6-3-7(4-6)8-10-9-5-11(8)2/h1-9H,10H2;5-7H,3-4H2,1-2H3. The normalized spacial score (nSPS) is 20.5. The van der Waals surface area contributed by atoms with Crippen molar-refractivity contribution in [3.05, 3.63) is 77.9 Å². The fourth-order valence-electron chi connectivity index (χ4n) is 3.85. The fraction of sp³-hybridized carbons (Fsp3) is 0.318. The van der Waals surface area contributed by atoms with Crippen molar-refractivity contribution in [3.63, 3.8) is 0 Å². The molecule has 3 aromatic rings. The molecule has 1 saturated carbocycles. The minimum Gasteiger partial charge on any atom is -0.320 e. The van der Waals surface area contributed by atoms with Gasteiger partial charge in [-0.1, -0.05) is 43.3 Å². The second kappa shape index (κ2) is 7.35. The number of para-hydroxylation sites is 1. The number of aromatic nitrogens is 3. The zero-order valence-electron chi connectivity index (χ0n) is 15.7. The van der Waals surface area contributed by atoms with E-state index >= 15 is 0 Å². The van der Waals surface area contributed by atoms with Gasteiger partial charge in [0.15, 0.2) is 0 Å². The van der Waals surface area contributed by atoms with Crippen LogP contribution in [0.15, 0.2) is 60.9 Å². The summed E-state index contributed by atoms with van der Waals surface area (Å²) in [6, 6.07) is 17.6. The smallest absolute Gasteiger partial charge is 0.258 e. The van der Waals surface area contributed by atoms with Gasteiger partial charge in [-0.2, -0.15) is 0 Å². The molecule has 5 nitrogen and oxygen atoms in total. The number of hydrogen-bond donors (Lipinski definition) is 0. The van der Waals surface area contributed by atoms with Crippen molar-refractivity contribution in [1.82, 2.24) is 14.8 Å². The van der Waals surface area contributed by atoms with Gasteiger partial charge in [0.25, 0.3) is 5.91 Å². The van der Waals surface area contributed by atoms with Crippen molar-refractivity contribution < 1.29 is 4.79 Å². The van der Waals surface area contributed by atoms with E-state index in [1.54, 1.807) is 6.33 Å². The Labute approximate surface area is 159 Å². The number of aryl methyl sites for hydroxylation is 1. The molecular formula is C22H24N4O. The van der Waals surface area contributed by atoms with Crippen LogP contribution in [0.3, 0.4) is 0 Å². The molecule has 0 N–H and O–H groups in total. The minimum absolute atomic E-state index is 0.0989. The molecule has 0 atom stereocenters. The molecule has 0 spiro atoms. The van der Waals surface area contributed by atoms with Crippen LogP contribution in [0, 0.1) is 5.92 Å². The van der Waals surface area contributed by atoms with E-state index < -0.39 is 0 Å². The van der Waals surface area contributed by atoms with Gasteiger partial charge >= 0.3 is 0 Å². The maximum absolute atomic E-state index is 12.1. The first kappa shape index (κ1) is 17.5. The van der Waals surface area contributed by atoms with E-state index in [9.17, 15) is 4.79 Å². The highest BCUT2D eigenvalue weighted by Gasteiger charge is 2.30. The summed E-state index contributed by atoms with van der Waals surface area (Å²) in [6.45, 7) is 2.96. The Morgan fingerprint density at radius 1 is 1.00 bits per heavy atom. The van der Waals surface area contributed by atoms with Gasteiger partial charge in [0.05, 0.1) is 6.54 Å². The maximum atomic E-state index is 12.1. The van der Waals surface area contributed by atoms with Gasteiger partial charge in [-0.3, -0.25) is 4.79 Å². The number of rotatable bonds is 2. The molecule has 1 amide bonds. The molecule has 1 fully saturated rings. The zero-order chi connectivity index (χ0) is 18.8. The second-order valence-electron chi connectivity index (χ2n) is 7.46. The van der Waals surface area contributed by atoms with Crippen LogP contribution in [0.1, 0.15) is 47.4 Å². The molecule has 1 aliphatic heterocycles. The Morgan fingerprint density at radius 2 is 1.70 bits per heavy atom. The van der Waals surface area contributed by atoms with Crippen molar-refractivity contribution >= 4 is 11.6 Å². The summed E-state index contributed by atoms with van der Waals surface area (Å²) in [7, 11) is 2.01. The van der Waals surface area contributed by atoms with Crippen LogP contribution in [0.2, 0.25) is 0 Å². The summed E-state index contributed by atoms with van der Waals surface area (Å²) < 4.78 is 2.02. The molecule has 1 aromatic heterocycles. The van der Waals surface area contributed by atoms with Crippen LogP contribution in [-0.2, 0) is 13.6 Å². The lowest BCUT2D eigenvalue weighted by Crippen LogP contribution is -2.22. The van der Waals surface area contributed by atoms with Gasteiger partial charge in [0, 0.05) is 24.2 Å². The van der Waals surface area contributed by atoms with Crippen LogP contribution in [0.25, 0.3) is 0 Å². The lowest BCUT2D eigenvalue weighted by atomic mass is 9.76. The fourth-order valence-corrected chi connectivity index (χ4v) is 3.85. The number of carbonyl (C=O) groups excluding carboxylic acids is 1. The highest BCUT2D eigenvalue weighted by molar-refractivity contribution is 6.09. The lowest BCUT2D eigenvalue weighted by molar-refractivity contribution is 0.0996. The molecule has 1 aliphatic carbocycles. The molecular weight excluding hydrogens is 336 g/mol. The topological polar surface area (TPSA) is 51.0 Å². The van der Waals surface area contributed by atoms with Gasteiger partial charge in [-0.05, 0) is 42.5 Å². The average molecular weight is 360 g/mol. The predicted octanol–water partition coefficient (Wildman–Crippen LogP) is 4.18. The zero-order valence-corrected chi connectivity index (χ0v) is 15.7. The summed E-state index contributed by atoms with van der Waals surface area (Å²) in [4.78, 5) is 13.9. The first-order valence-corrected chi connectivity index (χ1v) is 9.42. The first-order chi connectivity index (χ1) is 13.1. The van der Waals surface area contributed by atoms with Crippen molar-refractivity contribution in [2.45, 2.75) is 32.2 Å². The number of amides is 1. The number of fused-ring (bicyclic) bond motifs is 1. The third kappa shape index (κ3) is 3.50. The largest absolute Gasteiger partial charge is 0.320 e. The molecule has 2 aromatic carbocycles. The Morgan fingerprint density at radius 3 is 2.33 bits per heavy atom. The molecule has 0 radical (unpaired) electrons. The maximum Gasteiger partial charge on any atom is 0.258 e. The second-order valence-corrected chi connectivity index (χ2v) is 7.46. The van der Waals surface area contributed by atoms with Gasteiger partial charge in [-0.15, -0.1) is 10.2 Å². The highest BCUT2D eigenvalue weighted by atomic mass is 16.2. The summed E-state index contributed by atoms with van der Waals surface area (Å²) in [6.07, 6.45) is 4.34. The predicted molar refractivity (Wildman–Crippen MR) is 106 cm³/mol. The molecule has 5 heteroatoms. The van der Waals surface area contributed by atoms with Gasteiger partial charge in [-0.25, -0.2) is 0 Å². The van der Waals surface area contributed by atoms with E-state index in [4.69, 9.17) is 0 Å². The Balaban J connectivity index is 0.000000143. The van der Waals surface area contributed by atoms with Crippen molar-refractivity contribution in [2.75, 3.05) is 4.90 Å². The first-order valence-electron chi connectivity index (χ1n) is 9.42. The van der Waals surface area contributed by atoms with Crippen molar-refractivity contribution in [2.24, 2.45) is 13.0 Å². The third-order valence-electron chi connectivity index (χ3n) is 5.37. The van der Waals surface area contributed by atoms with Crippen LogP contribution in [-0.4, -0.2) is 20.7 Å². The number of benzene rings is 2. The number of anilines is 1. The van der Waals surface area contributed by atoms with E-state index in [2.05, 4.69) is 17.1 Å². The van der Waals surface area contributed by atoms with E-state index in [0.29, 0.717) is 12.5 Å². The van der Waals surface area contributed by atoms with Crippen LogP contribution < -0.4 is 4.90 Å². The van der Waals surface area contributed by atoms with Crippen LogP contribution in [0.5, 0.6) is 0 Å². The minimum atomic E-state index is 0.0989. The van der Waals surface area contributed by atoms with Crippen molar-refractivity contribution in [3.8, 4) is 0 Å². The van der Waals surface area contributed by atoms with Gasteiger partial charge in [0.2, 0.25) is 0 Å². The Bertz CT molecular complexity index is 928. The molecule has 27 heavy (non-hydrogen) atoms.